The molecule has 0 radical (unpaired) electrons. The number of carbonyl (C=O) groups is 1. The summed E-state index contributed by atoms with van der Waals surface area (Å²) in [7, 11) is 0. The van der Waals surface area contributed by atoms with Gasteiger partial charge in [-0.25, -0.2) is 8.78 Å². The summed E-state index contributed by atoms with van der Waals surface area (Å²) in [6.45, 7) is 0. The van der Waals surface area contributed by atoms with Crippen molar-refractivity contribution >= 4 is 27.5 Å². The molecule has 92 valence electrons. The Morgan fingerprint density at radius 1 is 1.06 bits per heavy atom. The Balaban J connectivity index is 2.16. The molecule has 2 nitrogen and oxygen atoms in total. The van der Waals surface area contributed by atoms with Crippen molar-refractivity contribution in [3.8, 4) is 0 Å². The van der Waals surface area contributed by atoms with E-state index in [1.165, 1.54) is 36.4 Å². The third-order valence-electron chi connectivity index (χ3n) is 2.28. The van der Waals surface area contributed by atoms with Crippen LogP contribution in [0.25, 0.3) is 0 Å². The molecular formula is C13H8BrF2NO. The van der Waals surface area contributed by atoms with Crippen LogP contribution in [0.1, 0.15) is 10.4 Å². The minimum atomic E-state index is -0.466. The summed E-state index contributed by atoms with van der Waals surface area (Å²) in [6.07, 6.45) is 0. The molecular weight excluding hydrogens is 304 g/mol. The predicted octanol–water partition coefficient (Wildman–Crippen LogP) is 3.98. The molecule has 0 bridgehead atoms. The van der Waals surface area contributed by atoms with Crippen molar-refractivity contribution in [2.45, 2.75) is 0 Å². The fourth-order valence-electron chi connectivity index (χ4n) is 1.38. The summed E-state index contributed by atoms with van der Waals surface area (Å²) >= 11 is 3.02. The number of hydrogen-bond acceptors (Lipinski definition) is 1. The number of hydrogen-bond donors (Lipinski definition) is 1. The molecule has 2 rings (SSSR count). The molecule has 2 aromatic carbocycles. The van der Waals surface area contributed by atoms with Crippen molar-refractivity contribution in [3.63, 3.8) is 0 Å². The van der Waals surface area contributed by atoms with Crippen LogP contribution >= 0.6 is 15.9 Å². The first-order valence-corrected chi connectivity index (χ1v) is 5.87. The molecule has 0 unspecified atom stereocenters. The minimum Gasteiger partial charge on any atom is -0.322 e. The zero-order valence-electron chi connectivity index (χ0n) is 9.08. The molecule has 0 fully saturated rings. The molecule has 5 heteroatoms. The number of carbonyl (C=O) groups excluding carboxylic acids is 1. The average molecular weight is 312 g/mol. The third kappa shape index (κ3) is 2.92. The number of nitrogens with one attached hydrogen (secondary N) is 1. The van der Waals surface area contributed by atoms with Gasteiger partial charge in [-0.05, 0) is 58.4 Å². The molecule has 0 heterocycles. The van der Waals surface area contributed by atoms with Crippen LogP contribution < -0.4 is 5.32 Å². The molecule has 0 aromatic heterocycles. The van der Waals surface area contributed by atoms with E-state index in [9.17, 15) is 13.6 Å². The summed E-state index contributed by atoms with van der Waals surface area (Å²) < 4.78 is 26.2. The first-order chi connectivity index (χ1) is 8.56. The zero-order chi connectivity index (χ0) is 13.1. The monoisotopic (exact) mass is 311 g/mol. The molecule has 0 aliphatic heterocycles. The van der Waals surface area contributed by atoms with E-state index >= 15 is 0 Å². The number of rotatable bonds is 2. The van der Waals surface area contributed by atoms with Crippen LogP contribution in [0.5, 0.6) is 0 Å². The van der Waals surface area contributed by atoms with Crippen molar-refractivity contribution in [1.82, 2.24) is 0 Å². The maximum absolute atomic E-state index is 13.2. The van der Waals surface area contributed by atoms with E-state index in [0.29, 0.717) is 15.7 Å². The van der Waals surface area contributed by atoms with Gasteiger partial charge in [-0.3, -0.25) is 4.79 Å². The lowest BCUT2D eigenvalue weighted by atomic mass is 10.2. The van der Waals surface area contributed by atoms with E-state index in [0.717, 1.165) is 0 Å². The predicted molar refractivity (Wildman–Crippen MR) is 68.5 cm³/mol. The van der Waals surface area contributed by atoms with Gasteiger partial charge in [0.05, 0.1) is 4.47 Å². The standard InChI is InChI=1S/C13H8BrF2NO/c14-11-6-5-10(7-12(11)16)17-13(18)8-1-3-9(15)4-2-8/h1-7H,(H,17,18). The van der Waals surface area contributed by atoms with Gasteiger partial charge < -0.3 is 5.32 Å². The number of anilines is 1. The van der Waals surface area contributed by atoms with Crippen LogP contribution in [0.15, 0.2) is 46.9 Å². The van der Waals surface area contributed by atoms with Crippen LogP contribution in [-0.2, 0) is 0 Å². The van der Waals surface area contributed by atoms with Crippen LogP contribution in [0, 0.1) is 11.6 Å². The summed E-state index contributed by atoms with van der Waals surface area (Å²) in [6, 6.07) is 9.36. The van der Waals surface area contributed by atoms with Gasteiger partial charge in [-0.2, -0.15) is 0 Å². The lowest BCUT2D eigenvalue weighted by Crippen LogP contribution is -2.11. The first kappa shape index (κ1) is 12.7. The number of benzene rings is 2. The lowest BCUT2D eigenvalue weighted by Gasteiger charge is -2.05. The van der Waals surface area contributed by atoms with Crippen molar-refractivity contribution in [1.29, 1.82) is 0 Å². The molecule has 0 spiro atoms. The average Bonchev–Trinajstić information content (AvgIpc) is 2.34. The molecule has 1 N–H and O–H groups in total. The minimum absolute atomic E-state index is 0.305. The summed E-state index contributed by atoms with van der Waals surface area (Å²) in [5, 5.41) is 2.52. The molecule has 0 aliphatic rings. The highest BCUT2D eigenvalue weighted by molar-refractivity contribution is 9.10. The van der Waals surface area contributed by atoms with Gasteiger partial charge in [0, 0.05) is 11.3 Å². The first-order valence-electron chi connectivity index (χ1n) is 5.08. The molecule has 0 saturated carbocycles. The van der Waals surface area contributed by atoms with Crippen molar-refractivity contribution in [2.24, 2.45) is 0 Å². The van der Waals surface area contributed by atoms with Gasteiger partial charge in [-0.15, -0.1) is 0 Å². The van der Waals surface area contributed by atoms with Crippen molar-refractivity contribution < 1.29 is 13.6 Å². The second kappa shape index (κ2) is 5.27. The summed E-state index contributed by atoms with van der Waals surface area (Å²) in [5.41, 5.74) is 0.643. The fourth-order valence-corrected chi connectivity index (χ4v) is 1.63. The number of halogens is 3. The van der Waals surface area contributed by atoms with E-state index in [2.05, 4.69) is 21.2 Å². The quantitative estimate of drug-likeness (QED) is 0.893. The molecule has 0 saturated heterocycles. The highest BCUT2D eigenvalue weighted by atomic mass is 79.9. The Labute approximate surface area is 111 Å². The highest BCUT2D eigenvalue weighted by Crippen LogP contribution is 2.19. The molecule has 2 aromatic rings. The smallest absolute Gasteiger partial charge is 0.255 e. The second-order valence-corrected chi connectivity index (χ2v) is 4.44. The highest BCUT2D eigenvalue weighted by Gasteiger charge is 2.07. The van der Waals surface area contributed by atoms with Crippen LogP contribution in [0.2, 0.25) is 0 Å². The molecule has 18 heavy (non-hydrogen) atoms. The summed E-state index contributed by atoms with van der Waals surface area (Å²) in [4.78, 5) is 11.8. The van der Waals surface area contributed by atoms with Crippen molar-refractivity contribution in [2.75, 3.05) is 5.32 Å². The molecule has 0 aliphatic carbocycles. The van der Waals surface area contributed by atoms with Gasteiger partial charge in [0.2, 0.25) is 0 Å². The number of amides is 1. The lowest BCUT2D eigenvalue weighted by molar-refractivity contribution is 0.102. The van der Waals surface area contributed by atoms with E-state index in [1.54, 1.807) is 6.07 Å². The van der Waals surface area contributed by atoms with Gasteiger partial charge in [0.15, 0.2) is 0 Å². The van der Waals surface area contributed by atoms with E-state index < -0.39 is 17.5 Å². The molecule has 0 atom stereocenters. The Hall–Kier alpha value is -1.75. The van der Waals surface area contributed by atoms with Gasteiger partial charge >= 0.3 is 0 Å². The van der Waals surface area contributed by atoms with E-state index in [1.807, 2.05) is 0 Å². The van der Waals surface area contributed by atoms with Crippen LogP contribution in [0.3, 0.4) is 0 Å². The Bertz CT molecular complexity index is 584. The van der Waals surface area contributed by atoms with Gasteiger partial charge in [0.1, 0.15) is 11.6 Å². The van der Waals surface area contributed by atoms with Crippen molar-refractivity contribution in [3.05, 3.63) is 64.1 Å². The maximum atomic E-state index is 13.2. The Morgan fingerprint density at radius 3 is 2.33 bits per heavy atom. The maximum Gasteiger partial charge on any atom is 0.255 e. The fraction of sp³-hybridized carbons (Fsp3) is 0. The van der Waals surface area contributed by atoms with Gasteiger partial charge in [-0.1, -0.05) is 0 Å². The zero-order valence-corrected chi connectivity index (χ0v) is 10.7. The normalized spacial score (nSPS) is 10.2. The van der Waals surface area contributed by atoms with E-state index in [4.69, 9.17) is 0 Å². The Morgan fingerprint density at radius 2 is 1.72 bits per heavy atom. The molecule has 1 amide bonds. The third-order valence-corrected chi connectivity index (χ3v) is 2.93. The van der Waals surface area contributed by atoms with E-state index in [-0.39, 0.29) is 0 Å². The Kier molecular flexibility index (Phi) is 3.72. The van der Waals surface area contributed by atoms with Crippen LogP contribution in [0.4, 0.5) is 14.5 Å². The second-order valence-electron chi connectivity index (χ2n) is 3.59. The SMILES string of the molecule is O=C(Nc1ccc(Br)c(F)c1)c1ccc(F)cc1. The van der Waals surface area contributed by atoms with Gasteiger partial charge in [0.25, 0.3) is 5.91 Å². The summed E-state index contributed by atoms with van der Waals surface area (Å²) in [5.74, 6) is -1.30. The topological polar surface area (TPSA) is 29.1 Å². The largest absolute Gasteiger partial charge is 0.322 e. The van der Waals surface area contributed by atoms with Crippen LogP contribution in [-0.4, -0.2) is 5.91 Å².